The van der Waals surface area contributed by atoms with E-state index in [4.69, 9.17) is 4.74 Å². The van der Waals surface area contributed by atoms with Crippen molar-refractivity contribution >= 4 is 21.6 Å². The molecule has 1 N–H and O–H groups in total. The molecule has 0 spiro atoms. The minimum atomic E-state index is -3.90. The predicted molar refractivity (Wildman–Crippen MR) is 120 cm³/mol. The first kappa shape index (κ1) is 23.9. The second-order valence-electron chi connectivity index (χ2n) is 7.79. The maximum Gasteiger partial charge on any atom is 0.264 e. The van der Waals surface area contributed by atoms with E-state index < -0.39 is 10.0 Å². The Labute approximate surface area is 180 Å². The number of aryl methyl sites for hydroxylation is 3. The lowest BCUT2D eigenvalue weighted by atomic mass is 10.1. The number of nitrogens with zero attached hydrogens (tertiary/aromatic N) is 1. The van der Waals surface area contributed by atoms with Gasteiger partial charge in [-0.15, -0.1) is 0 Å². The van der Waals surface area contributed by atoms with Gasteiger partial charge in [0, 0.05) is 13.2 Å². The van der Waals surface area contributed by atoms with Crippen LogP contribution in [0, 0.1) is 20.8 Å². The zero-order valence-electron chi connectivity index (χ0n) is 18.4. The summed E-state index contributed by atoms with van der Waals surface area (Å²) >= 11 is 0. The fourth-order valence-electron chi connectivity index (χ4n) is 3.05. The summed E-state index contributed by atoms with van der Waals surface area (Å²) in [6, 6.07) is 12.2. The van der Waals surface area contributed by atoms with Crippen molar-refractivity contribution in [2.75, 3.05) is 24.0 Å². The van der Waals surface area contributed by atoms with Crippen LogP contribution in [0.25, 0.3) is 0 Å². The quantitative estimate of drug-likeness (QED) is 0.581. The fourth-order valence-corrected chi connectivity index (χ4v) is 4.46. The molecule has 0 aromatic heterocycles. The Hall–Kier alpha value is -2.38. The van der Waals surface area contributed by atoms with E-state index in [0.29, 0.717) is 25.3 Å². The summed E-state index contributed by atoms with van der Waals surface area (Å²) in [5.74, 6) is -0.352. The van der Waals surface area contributed by atoms with E-state index in [1.807, 2.05) is 40.7 Å². The maximum atomic E-state index is 13.4. The van der Waals surface area contributed by atoms with Gasteiger partial charge in [-0.1, -0.05) is 23.8 Å². The van der Waals surface area contributed by atoms with Crippen molar-refractivity contribution in [1.29, 1.82) is 0 Å². The van der Waals surface area contributed by atoms with Crippen LogP contribution < -0.4 is 9.62 Å². The monoisotopic (exact) mass is 432 g/mol. The Balaban J connectivity index is 2.24. The molecule has 164 valence electrons. The molecule has 7 heteroatoms. The SMILES string of the molecule is Cc1ccc(S(=O)(=O)N(CC(=O)NCCCOC(C)C)c2cc(C)cc(C)c2)cc1. The molecular formula is C23H32N2O4S. The normalized spacial score (nSPS) is 11.5. The molecule has 0 aliphatic carbocycles. The smallest absolute Gasteiger partial charge is 0.264 e. The van der Waals surface area contributed by atoms with Gasteiger partial charge in [0.15, 0.2) is 0 Å². The van der Waals surface area contributed by atoms with Gasteiger partial charge >= 0.3 is 0 Å². The Bertz CT molecular complexity index is 933. The second-order valence-corrected chi connectivity index (χ2v) is 9.66. The average Bonchev–Trinajstić information content (AvgIpc) is 2.65. The summed E-state index contributed by atoms with van der Waals surface area (Å²) in [5.41, 5.74) is 3.31. The number of anilines is 1. The molecule has 2 aromatic rings. The van der Waals surface area contributed by atoms with Crippen molar-refractivity contribution < 1.29 is 17.9 Å². The number of benzene rings is 2. The molecule has 1 amide bonds. The molecule has 6 nitrogen and oxygen atoms in total. The summed E-state index contributed by atoms with van der Waals surface area (Å²) in [6.07, 6.45) is 0.804. The van der Waals surface area contributed by atoms with Gasteiger partial charge in [0.05, 0.1) is 16.7 Å². The van der Waals surface area contributed by atoms with Crippen molar-refractivity contribution in [2.45, 2.75) is 52.0 Å². The third-order valence-electron chi connectivity index (χ3n) is 4.49. The molecule has 2 rings (SSSR count). The molecule has 2 aromatic carbocycles. The van der Waals surface area contributed by atoms with Crippen molar-refractivity contribution in [3.8, 4) is 0 Å². The van der Waals surface area contributed by atoms with Crippen molar-refractivity contribution in [2.24, 2.45) is 0 Å². The van der Waals surface area contributed by atoms with Crippen LogP contribution in [0.1, 0.15) is 37.0 Å². The molecule has 0 saturated carbocycles. The van der Waals surface area contributed by atoms with Crippen LogP contribution in [-0.2, 0) is 19.6 Å². The van der Waals surface area contributed by atoms with Crippen LogP contribution in [0.5, 0.6) is 0 Å². The van der Waals surface area contributed by atoms with Gasteiger partial charge in [-0.25, -0.2) is 8.42 Å². The fraction of sp³-hybridized carbons (Fsp3) is 0.435. The van der Waals surface area contributed by atoms with Gasteiger partial charge in [0.2, 0.25) is 5.91 Å². The first-order valence-corrected chi connectivity index (χ1v) is 11.6. The van der Waals surface area contributed by atoms with Crippen LogP contribution >= 0.6 is 0 Å². The zero-order chi connectivity index (χ0) is 22.3. The highest BCUT2D eigenvalue weighted by Crippen LogP contribution is 2.26. The highest BCUT2D eigenvalue weighted by atomic mass is 32.2. The third-order valence-corrected chi connectivity index (χ3v) is 6.27. The summed E-state index contributed by atoms with van der Waals surface area (Å²) < 4.78 is 33.4. The molecular weight excluding hydrogens is 400 g/mol. The van der Waals surface area contributed by atoms with E-state index in [0.717, 1.165) is 16.7 Å². The van der Waals surface area contributed by atoms with Gasteiger partial charge in [-0.2, -0.15) is 0 Å². The Morgan fingerprint density at radius 3 is 2.17 bits per heavy atom. The lowest BCUT2D eigenvalue weighted by Crippen LogP contribution is -2.41. The summed E-state index contributed by atoms with van der Waals surface area (Å²) in [5, 5.41) is 2.79. The molecule has 0 heterocycles. The number of carbonyl (C=O) groups excluding carboxylic acids is 1. The molecule has 0 aliphatic heterocycles. The number of hydrogen-bond donors (Lipinski definition) is 1. The number of sulfonamides is 1. The number of carbonyl (C=O) groups is 1. The van der Waals surface area contributed by atoms with Crippen molar-refractivity contribution in [3.63, 3.8) is 0 Å². The first-order valence-electron chi connectivity index (χ1n) is 10.2. The predicted octanol–water partition coefficient (Wildman–Crippen LogP) is 3.74. The molecule has 0 fully saturated rings. The lowest BCUT2D eigenvalue weighted by molar-refractivity contribution is -0.119. The summed E-state index contributed by atoms with van der Waals surface area (Å²) in [4.78, 5) is 12.7. The number of hydrogen-bond acceptors (Lipinski definition) is 4. The van der Waals surface area contributed by atoms with Gasteiger partial charge in [0.1, 0.15) is 6.54 Å². The minimum absolute atomic E-state index is 0.139. The van der Waals surface area contributed by atoms with E-state index >= 15 is 0 Å². The van der Waals surface area contributed by atoms with Gasteiger partial charge in [-0.3, -0.25) is 9.10 Å². The molecule has 0 bridgehead atoms. The highest BCUT2D eigenvalue weighted by Gasteiger charge is 2.27. The van der Waals surface area contributed by atoms with Gasteiger partial charge in [0.25, 0.3) is 10.0 Å². The molecule has 0 saturated heterocycles. The molecule has 0 unspecified atom stereocenters. The number of ether oxygens (including phenoxy) is 1. The first-order chi connectivity index (χ1) is 14.1. The second kappa shape index (κ2) is 10.6. The van der Waals surface area contributed by atoms with Crippen LogP contribution in [0.4, 0.5) is 5.69 Å². The molecule has 0 atom stereocenters. The Morgan fingerprint density at radius 2 is 1.60 bits per heavy atom. The summed E-state index contributed by atoms with van der Waals surface area (Å²) in [6.45, 7) is 10.3. The van der Waals surface area contributed by atoms with Gasteiger partial charge < -0.3 is 10.1 Å². The number of rotatable bonds is 10. The van der Waals surface area contributed by atoms with E-state index in [1.165, 1.54) is 4.31 Å². The van der Waals surface area contributed by atoms with E-state index in [9.17, 15) is 13.2 Å². The Morgan fingerprint density at radius 1 is 1.00 bits per heavy atom. The molecule has 30 heavy (non-hydrogen) atoms. The van der Waals surface area contributed by atoms with Crippen LogP contribution in [0.2, 0.25) is 0 Å². The topological polar surface area (TPSA) is 75.7 Å². The standard InChI is InChI=1S/C23H32N2O4S/c1-17(2)29-12-6-11-24-23(26)16-25(21-14-19(4)13-20(5)15-21)30(27,28)22-9-7-18(3)8-10-22/h7-10,13-15,17H,6,11-12,16H2,1-5H3,(H,24,26). The van der Waals surface area contributed by atoms with Crippen LogP contribution in [0.15, 0.2) is 47.4 Å². The van der Waals surface area contributed by atoms with Crippen LogP contribution in [-0.4, -0.2) is 40.1 Å². The summed E-state index contributed by atoms with van der Waals surface area (Å²) in [7, 11) is -3.90. The van der Waals surface area contributed by atoms with Crippen LogP contribution in [0.3, 0.4) is 0 Å². The van der Waals surface area contributed by atoms with E-state index in [-0.39, 0.29) is 23.5 Å². The number of nitrogens with one attached hydrogen (secondary N) is 1. The largest absolute Gasteiger partial charge is 0.379 e. The molecule has 0 radical (unpaired) electrons. The Kier molecular flexibility index (Phi) is 8.43. The average molecular weight is 433 g/mol. The van der Waals surface area contributed by atoms with E-state index in [2.05, 4.69) is 5.32 Å². The minimum Gasteiger partial charge on any atom is -0.379 e. The maximum absolute atomic E-state index is 13.4. The van der Waals surface area contributed by atoms with Crippen molar-refractivity contribution in [1.82, 2.24) is 5.32 Å². The van der Waals surface area contributed by atoms with E-state index in [1.54, 1.807) is 36.4 Å². The zero-order valence-corrected chi connectivity index (χ0v) is 19.3. The molecule has 0 aliphatic rings. The lowest BCUT2D eigenvalue weighted by Gasteiger charge is -2.25. The van der Waals surface area contributed by atoms with Gasteiger partial charge in [-0.05, 0) is 76.4 Å². The highest BCUT2D eigenvalue weighted by molar-refractivity contribution is 7.92. The van der Waals surface area contributed by atoms with Crippen molar-refractivity contribution in [3.05, 3.63) is 59.2 Å². The third kappa shape index (κ3) is 6.85. The number of amides is 1.